The molecule has 1 N–H and O–H groups in total. The van der Waals surface area contributed by atoms with Crippen molar-refractivity contribution in [2.45, 2.75) is 38.6 Å². The number of pyridine rings is 1. The molecular weight excluding hydrogens is 424 g/mol. The van der Waals surface area contributed by atoms with Gasteiger partial charge in [-0.1, -0.05) is 50.2 Å². The standard InChI is InChI=1S/C28H30N4O2/c1-20(2)21-11-13-22(14-12-21)30-27(34)31-18-15-28(16-19-31)25(24-10-6-7-17-29-24)32(26(28)33)23-8-4-3-5-9-23/h3-14,17,20,25H,15-16,18-19H2,1-2H3,(H,30,34). The van der Waals surface area contributed by atoms with Gasteiger partial charge in [-0.05, 0) is 60.7 Å². The first kappa shape index (κ1) is 22.1. The largest absolute Gasteiger partial charge is 0.324 e. The van der Waals surface area contributed by atoms with E-state index in [2.05, 4.69) is 24.1 Å². The van der Waals surface area contributed by atoms with Gasteiger partial charge in [-0.25, -0.2) is 4.79 Å². The Labute approximate surface area is 200 Å². The van der Waals surface area contributed by atoms with E-state index in [0.717, 1.165) is 17.1 Å². The number of nitrogens with zero attached hydrogens (tertiary/aromatic N) is 3. The number of carbonyl (C=O) groups excluding carboxylic acids is 2. The minimum absolute atomic E-state index is 0.117. The van der Waals surface area contributed by atoms with Gasteiger partial charge in [0, 0.05) is 30.7 Å². The number of likely N-dealkylation sites (tertiary alicyclic amines) is 1. The predicted octanol–water partition coefficient (Wildman–Crippen LogP) is 5.61. The fourth-order valence-electron chi connectivity index (χ4n) is 5.21. The number of β-lactam (4-membered cyclic amide) rings is 1. The summed E-state index contributed by atoms with van der Waals surface area (Å²) in [7, 11) is 0. The van der Waals surface area contributed by atoms with Gasteiger partial charge in [-0.3, -0.25) is 9.78 Å². The van der Waals surface area contributed by atoms with Crippen molar-refractivity contribution in [2.75, 3.05) is 23.3 Å². The molecule has 5 rings (SSSR count). The van der Waals surface area contributed by atoms with Crippen molar-refractivity contribution in [3.05, 3.63) is 90.3 Å². The Morgan fingerprint density at radius 2 is 1.65 bits per heavy atom. The van der Waals surface area contributed by atoms with Crippen molar-refractivity contribution < 1.29 is 9.59 Å². The highest BCUT2D eigenvalue weighted by molar-refractivity contribution is 6.06. The maximum absolute atomic E-state index is 13.6. The molecule has 2 saturated heterocycles. The number of aromatic nitrogens is 1. The van der Waals surface area contributed by atoms with Crippen molar-refractivity contribution in [1.82, 2.24) is 9.88 Å². The number of benzene rings is 2. The summed E-state index contributed by atoms with van der Waals surface area (Å²) in [6.45, 7) is 5.37. The minimum atomic E-state index is -0.528. The van der Waals surface area contributed by atoms with Gasteiger partial charge in [0.15, 0.2) is 0 Å². The monoisotopic (exact) mass is 454 g/mol. The summed E-state index contributed by atoms with van der Waals surface area (Å²) < 4.78 is 0. The summed E-state index contributed by atoms with van der Waals surface area (Å²) in [5.74, 6) is 0.573. The zero-order valence-electron chi connectivity index (χ0n) is 19.6. The number of nitrogens with one attached hydrogen (secondary N) is 1. The van der Waals surface area contributed by atoms with Gasteiger partial charge in [0.1, 0.15) is 0 Å². The zero-order valence-corrected chi connectivity index (χ0v) is 19.6. The number of para-hydroxylation sites is 1. The molecule has 2 aliphatic rings. The molecule has 174 valence electrons. The molecule has 0 bridgehead atoms. The van der Waals surface area contributed by atoms with Crippen molar-refractivity contribution in [3.63, 3.8) is 0 Å². The van der Waals surface area contributed by atoms with E-state index in [1.54, 1.807) is 6.20 Å². The molecule has 2 aromatic carbocycles. The Hall–Kier alpha value is -3.67. The Balaban J connectivity index is 1.31. The maximum atomic E-state index is 13.6. The maximum Gasteiger partial charge on any atom is 0.321 e. The van der Waals surface area contributed by atoms with Crippen LogP contribution in [-0.4, -0.2) is 34.9 Å². The lowest BCUT2D eigenvalue weighted by Gasteiger charge is -2.58. The molecule has 6 nitrogen and oxygen atoms in total. The van der Waals surface area contributed by atoms with E-state index >= 15 is 0 Å². The highest BCUT2D eigenvalue weighted by Gasteiger charge is 2.62. The second-order valence-electron chi connectivity index (χ2n) is 9.52. The average Bonchev–Trinajstić information content (AvgIpc) is 2.88. The van der Waals surface area contributed by atoms with Gasteiger partial charge in [-0.15, -0.1) is 0 Å². The number of carbonyl (C=O) groups is 2. The predicted molar refractivity (Wildman–Crippen MR) is 134 cm³/mol. The van der Waals surface area contributed by atoms with Crippen LogP contribution in [0.15, 0.2) is 79.0 Å². The van der Waals surface area contributed by atoms with Gasteiger partial charge in [-0.2, -0.15) is 0 Å². The molecule has 0 aliphatic carbocycles. The van der Waals surface area contributed by atoms with E-state index in [4.69, 9.17) is 0 Å². The van der Waals surface area contributed by atoms with Crippen molar-refractivity contribution >= 4 is 23.3 Å². The Morgan fingerprint density at radius 1 is 0.971 bits per heavy atom. The first-order chi connectivity index (χ1) is 16.5. The van der Waals surface area contributed by atoms with E-state index in [9.17, 15) is 9.59 Å². The number of rotatable bonds is 4. The SMILES string of the molecule is CC(C)c1ccc(NC(=O)N2CCC3(CC2)C(=O)N(c2ccccc2)C3c2ccccn2)cc1. The lowest BCUT2D eigenvalue weighted by Crippen LogP contribution is -2.67. The normalized spacial score (nSPS) is 19.3. The van der Waals surface area contributed by atoms with Crippen LogP contribution in [0.25, 0.3) is 0 Å². The van der Waals surface area contributed by atoms with Crippen LogP contribution >= 0.6 is 0 Å². The Kier molecular flexibility index (Phi) is 5.82. The van der Waals surface area contributed by atoms with Crippen molar-refractivity contribution in [3.8, 4) is 0 Å². The molecule has 6 heteroatoms. The second-order valence-corrected chi connectivity index (χ2v) is 9.52. The summed E-state index contributed by atoms with van der Waals surface area (Å²) in [5.41, 5.74) is 3.29. The smallest absolute Gasteiger partial charge is 0.321 e. The summed E-state index contributed by atoms with van der Waals surface area (Å²) in [4.78, 5) is 34.8. The third kappa shape index (κ3) is 3.83. The molecule has 2 fully saturated rings. The van der Waals surface area contributed by atoms with Crippen LogP contribution in [0, 0.1) is 5.41 Å². The first-order valence-electron chi connectivity index (χ1n) is 12.0. The van der Waals surface area contributed by atoms with Crippen LogP contribution in [0.3, 0.4) is 0 Å². The highest BCUT2D eigenvalue weighted by Crippen LogP contribution is 2.57. The fraction of sp³-hybridized carbons (Fsp3) is 0.321. The van der Waals surface area contributed by atoms with Crippen LogP contribution in [0.5, 0.6) is 0 Å². The molecule has 2 aliphatic heterocycles. The molecular formula is C28H30N4O2. The molecule has 34 heavy (non-hydrogen) atoms. The number of anilines is 2. The molecule has 3 amide bonds. The van der Waals surface area contributed by atoms with E-state index in [0.29, 0.717) is 31.8 Å². The fourth-order valence-corrected chi connectivity index (χ4v) is 5.21. The van der Waals surface area contributed by atoms with Gasteiger partial charge in [0.05, 0.1) is 17.2 Å². The summed E-state index contributed by atoms with van der Waals surface area (Å²) in [6.07, 6.45) is 3.02. The zero-order chi connectivity index (χ0) is 23.7. The lowest BCUT2D eigenvalue weighted by atomic mass is 9.63. The van der Waals surface area contributed by atoms with Gasteiger partial charge in [0.25, 0.3) is 0 Å². The van der Waals surface area contributed by atoms with Crippen LogP contribution in [0.1, 0.15) is 49.9 Å². The highest BCUT2D eigenvalue weighted by atomic mass is 16.2. The number of piperidine rings is 1. The molecule has 1 atom stereocenters. The van der Waals surface area contributed by atoms with Gasteiger partial charge in [0.2, 0.25) is 5.91 Å². The van der Waals surface area contributed by atoms with E-state index in [1.807, 2.05) is 82.6 Å². The molecule has 3 aromatic rings. The molecule has 1 aromatic heterocycles. The van der Waals surface area contributed by atoms with Crippen molar-refractivity contribution in [2.24, 2.45) is 5.41 Å². The van der Waals surface area contributed by atoms with Crippen LogP contribution in [0.4, 0.5) is 16.2 Å². The number of amides is 3. The average molecular weight is 455 g/mol. The Bertz CT molecular complexity index is 1150. The first-order valence-corrected chi connectivity index (χ1v) is 12.0. The van der Waals surface area contributed by atoms with E-state index in [-0.39, 0.29) is 18.0 Å². The lowest BCUT2D eigenvalue weighted by molar-refractivity contribution is -0.144. The van der Waals surface area contributed by atoms with E-state index < -0.39 is 5.41 Å². The Morgan fingerprint density at radius 3 is 2.26 bits per heavy atom. The molecule has 0 saturated carbocycles. The summed E-state index contributed by atoms with van der Waals surface area (Å²) >= 11 is 0. The molecule has 3 heterocycles. The van der Waals surface area contributed by atoms with Crippen LogP contribution < -0.4 is 10.2 Å². The van der Waals surface area contributed by atoms with Crippen LogP contribution in [0.2, 0.25) is 0 Å². The summed E-state index contributed by atoms with van der Waals surface area (Å²) in [6, 6.07) is 23.4. The molecule has 1 unspecified atom stereocenters. The second kappa shape index (κ2) is 8.93. The summed E-state index contributed by atoms with van der Waals surface area (Å²) in [5, 5.41) is 3.01. The number of hydrogen-bond acceptors (Lipinski definition) is 3. The topological polar surface area (TPSA) is 65.5 Å². The third-order valence-corrected chi connectivity index (χ3v) is 7.20. The van der Waals surface area contributed by atoms with E-state index in [1.165, 1.54) is 5.56 Å². The van der Waals surface area contributed by atoms with Crippen molar-refractivity contribution in [1.29, 1.82) is 0 Å². The van der Waals surface area contributed by atoms with Gasteiger partial charge >= 0.3 is 6.03 Å². The van der Waals surface area contributed by atoms with Gasteiger partial charge < -0.3 is 15.1 Å². The van der Waals surface area contributed by atoms with Crippen LogP contribution in [-0.2, 0) is 4.79 Å². The quantitative estimate of drug-likeness (QED) is 0.521. The number of urea groups is 1. The molecule has 1 spiro atoms. The molecule has 0 radical (unpaired) electrons. The third-order valence-electron chi connectivity index (χ3n) is 7.20. The minimum Gasteiger partial charge on any atom is -0.324 e. The number of hydrogen-bond donors (Lipinski definition) is 1.